The lowest BCUT2D eigenvalue weighted by Crippen LogP contribution is -2.76. The molecule has 4 nitrogen and oxygen atoms in total. The first-order valence-electron chi connectivity index (χ1n) is 6.50. The summed E-state index contributed by atoms with van der Waals surface area (Å²) >= 11 is 0. The summed E-state index contributed by atoms with van der Waals surface area (Å²) in [5, 5.41) is 10.6. The molecule has 0 aromatic carbocycles. The van der Waals surface area contributed by atoms with Gasteiger partial charge in [0.2, 0.25) is 0 Å². The number of fused-ring (bicyclic) bond motifs is 1. The minimum atomic E-state index is -0.387. The summed E-state index contributed by atoms with van der Waals surface area (Å²) in [4.78, 5) is 4.94. The van der Waals surface area contributed by atoms with E-state index in [9.17, 15) is 5.11 Å². The Kier molecular flexibility index (Phi) is 2.34. The third-order valence-corrected chi connectivity index (χ3v) is 4.72. The molecule has 0 spiro atoms. The third kappa shape index (κ3) is 1.37. The standard InChI is InChI=1S/C12H23N3O/c1-2-3-11-6-14-4-5-15(7-11)9-12(13,8-14)10(11)16/h10,16H,2-9,13H2,1H3. The molecule has 0 aromatic rings. The number of hydrogen-bond acceptors (Lipinski definition) is 4. The Bertz CT molecular complexity index is 278. The zero-order valence-corrected chi connectivity index (χ0v) is 10.2. The SMILES string of the molecule is CCCC12CN3CCN(CC(N)(C3)C1O)C2. The second kappa shape index (κ2) is 3.42. The number of rotatable bonds is 2. The fourth-order valence-corrected chi connectivity index (χ4v) is 4.28. The number of nitrogens with zero attached hydrogens (tertiary/aromatic N) is 2. The fourth-order valence-electron chi connectivity index (χ4n) is 4.28. The molecule has 4 heterocycles. The van der Waals surface area contributed by atoms with E-state index in [4.69, 9.17) is 5.73 Å². The van der Waals surface area contributed by atoms with Crippen LogP contribution in [0.1, 0.15) is 19.8 Å². The molecule has 3 N–H and O–H groups in total. The fraction of sp³-hybridized carbons (Fsp3) is 1.00. The normalized spacial score (nSPS) is 55.3. The van der Waals surface area contributed by atoms with Crippen LogP contribution in [-0.4, -0.2) is 65.8 Å². The lowest BCUT2D eigenvalue weighted by atomic mass is 9.64. The summed E-state index contributed by atoms with van der Waals surface area (Å²) in [6.45, 7) is 8.27. The molecule has 4 aliphatic heterocycles. The quantitative estimate of drug-likeness (QED) is 0.664. The molecule has 0 radical (unpaired) electrons. The molecule has 4 rings (SSSR count). The van der Waals surface area contributed by atoms with E-state index in [1.165, 1.54) is 0 Å². The number of aliphatic hydroxyl groups is 1. The molecule has 0 amide bonds. The van der Waals surface area contributed by atoms with Gasteiger partial charge in [0.25, 0.3) is 0 Å². The lowest BCUT2D eigenvalue weighted by Gasteiger charge is -2.58. The molecule has 16 heavy (non-hydrogen) atoms. The Labute approximate surface area is 97.4 Å². The van der Waals surface area contributed by atoms with Crippen molar-refractivity contribution in [3.05, 3.63) is 0 Å². The van der Waals surface area contributed by atoms with Gasteiger partial charge in [-0.1, -0.05) is 13.3 Å². The average molecular weight is 225 g/mol. The zero-order valence-electron chi connectivity index (χ0n) is 10.2. The van der Waals surface area contributed by atoms with E-state index in [1.807, 2.05) is 0 Å². The first-order valence-corrected chi connectivity index (χ1v) is 6.50. The Balaban J connectivity index is 1.99. The summed E-state index contributed by atoms with van der Waals surface area (Å²) in [6, 6.07) is 0. The van der Waals surface area contributed by atoms with Gasteiger partial charge in [0.05, 0.1) is 11.6 Å². The minimum Gasteiger partial charge on any atom is -0.390 e. The highest BCUT2D eigenvalue weighted by Crippen LogP contribution is 2.44. The highest BCUT2D eigenvalue weighted by atomic mass is 16.3. The van der Waals surface area contributed by atoms with E-state index >= 15 is 0 Å². The molecule has 4 bridgehead atoms. The maximum Gasteiger partial charge on any atom is 0.0825 e. The van der Waals surface area contributed by atoms with Crippen molar-refractivity contribution in [1.29, 1.82) is 0 Å². The lowest BCUT2D eigenvalue weighted by molar-refractivity contribution is -0.132. The molecule has 0 saturated carbocycles. The molecule has 3 atom stereocenters. The van der Waals surface area contributed by atoms with Crippen molar-refractivity contribution in [2.75, 3.05) is 39.3 Å². The van der Waals surface area contributed by atoms with Crippen LogP contribution >= 0.6 is 0 Å². The van der Waals surface area contributed by atoms with Crippen LogP contribution < -0.4 is 5.73 Å². The van der Waals surface area contributed by atoms with E-state index in [2.05, 4.69) is 16.7 Å². The van der Waals surface area contributed by atoms with Crippen LogP contribution in [0.4, 0.5) is 0 Å². The van der Waals surface area contributed by atoms with Gasteiger partial charge in [0.1, 0.15) is 0 Å². The zero-order chi connectivity index (χ0) is 11.4. The van der Waals surface area contributed by atoms with E-state index < -0.39 is 0 Å². The molecule has 4 aliphatic rings. The average Bonchev–Trinajstić information content (AvgIpc) is 2.42. The van der Waals surface area contributed by atoms with Crippen LogP contribution in [0.2, 0.25) is 0 Å². The van der Waals surface area contributed by atoms with Gasteiger partial charge < -0.3 is 10.8 Å². The van der Waals surface area contributed by atoms with Crippen molar-refractivity contribution in [3.8, 4) is 0 Å². The van der Waals surface area contributed by atoms with Crippen molar-refractivity contribution < 1.29 is 5.11 Å². The topological polar surface area (TPSA) is 52.7 Å². The largest absolute Gasteiger partial charge is 0.390 e. The van der Waals surface area contributed by atoms with Crippen LogP contribution in [0.3, 0.4) is 0 Å². The molecular weight excluding hydrogens is 202 g/mol. The molecule has 3 unspecified atom stereocenters. The number of aliphatic hydroxyl groups excluding tert-OH is 1. The van der Waals surface area contributed by atoms with E-state index in [1.54, 1.807) is 0 Å². The number of hydrogen-bond donors (Lipinski definition) is 2. The highest BCUT2D eigenvalue weighted by molar-refractivity contribution is 5.15. The number of nitrogens with two attached hydrogens (primary N) is 1. The molecule has 4 saturated heterocycles. The second-order valence-electron chi connectivity index (χ2n) is 6.17. The molecule has 92 valence electrons. The Morgan fingerprint density at radius 2 is 1.75 bits per heavy atom. The Hall–Kier alpha value is -0.160. The minimum absolute atomic E-state index is 0.0382. The van der Waals surface area contributed by atoms with Gasteiger partial charge in [0.15, 0.2) is 0 Å². The molecule has 0 aromatic heterocycles. The molecule has 4 heteroatoms. The van der Waals surface area contributed by atoms with Gasteiger partial charge in [0, 0.05) is 44.7 Å². The van der Waals surface area contributed by atoms with E-state index in [0.717, 1.165) is 52.1 Å². The van der Waals surface area contributed by atoms with Gasteiger partial charge in [-0.15, -0.1) is 0 Å². The second-order valence-corrected chi connectivity index (χ2v) is 6.17. The third-order valence-electron chi connectivity index (χ3n) is 4.72. The monoisotopic (exact) mass is 225 g/mol. The van der Waals surface area contributed by atoms with Crippen molar-refractivity contribution in [1.82, 2.24) is 9.80 Å². The number of piperidine rings is 2. The van der Waals surface area contributed by atoms with Gasteiger partial charge in [-0.3, -0.25) is 9.80 Å². The summed E-state index contributed by atoms with van der Waals surface area (Å²) < 4.78 is 0. The molecule has 0 aliphatic carbocycles. The predicted octanol–water partition coefficient (Wildman–Crippen LogP) is -0.524. The van der Waals surface area contributed by atoms with Gasteiger partial charge in [-0.05, 0) is 6.42 Å². The predicted molar refractivity (Wildman–Crippen MR) is 63.1 cm³/mol. The van der Waals surface area contributed by atoms with E-state index in [-0.39, 0.29) is 17.1 Å². The summed E-state index contributed by atoms with van der Waals surface area (Å²) in [5.74, 6) is 0. The maximum absolute atomic E-state index is 10.6. The van der Waals surface area contributed by atoms with Crippen LogP contribution in [0, 0.1) is 5.41 Å². The molecular formula is C12H23N3O. The van der Waals surface area contributed by atoms with Crippen molar-refractivity contribution in [2.24, 2.45) is 11.1 Å². The van der Waals surface area contributed by atoms with Crippen molar-refractivity contribution >= 4 is 0 Å². The first-order chi connectivity index (χ1) is 7.58. The highest BCUT2D eigenvalue weighted by Gasteiger charge is 2.59. The van der Waals surface area contributed by atoms with Crippen LogP contribution in [-0.2, 0) is 0 Å². The van der Waals surface area contributed by atoms with Crippen LogP contribution in [0.5, 0.6) is 0 Å². The van der Waals surface area contributed by atoms with Crippen molar-refractivity contribution in [2.45, 2.75) is 31.4 Å². The first kappa shape index (κ1) is 11.0. The van der Waals surface area contributed by atoms with Gasteiger partial charge in [-0.2, -0.15) is 0 Å². The molecule has 4 fully saturated rings. The van der Waals surface area contributed by atoms with Crippen LogP contribution in [0.15, 0.2) is 0 Å². The Morgan fingerprint density at radius 3 is 2.25 bits per heavy atom. The van der Waals surface area contributed by atoms with Gasteiger partial charge >= 0.3 is 0 Å². The van der Waals surface area contributed by atoms with E-state index in [0.29, 0.717) is 0 Å². The maximum atomic E-state index is 10.6. The summed E-state index contributed by atoms with van der Waals surface area (Å²) in [7, 11) is 0. The Morgan fingerprint density at radius 1 is 1.19 bits per heavy atom. The summed E-state index contributed by atoms with van der Waals surface area (Å²) in [5.41, 5.74) is 6.10. The van der Waals surface area contributed by atoms with Gasteiger partial charge in [-0.25, -0.2) is 0 Å². The van der Waals surface area contributed by atoms with Crippen LogP contribution in [0.25, 0.3) is 0 Å². The van der Waals surface area contributed by atoms with Crippen molar-refractivity contribution in [3.63, 3.8) is 0 Å². The smallest absolute Gasteiger partial charge is 0.0825 e. The summed E-state index contributed by atoms with van der Waals surface area (Å²) in [6.07, 6.45) is 1.92.